The van der Waals surface area contributed by atoms with Gasteiger partial charge in [-0.25, -0.2) is 4.98 Å². The lowest BCUT2D eigenvalue weighted by atomic mass is 10.2. The largest absolute Gasteiger partial charge is 0.469 e. The lowest BCUT2D eigenvalue weighted by Crippen LogP contribution is -2.37. The fourth-order valence-corrected chi connectivity index (χ4v) is 3.64. The molecule has 2 rings (SSSR count). The van der Waals surface area contributed by atoms with Gasteiger partial charge in [0.25, 0.3) is 0 Å². The number of thiazole rings is 1. The quantitative estimate of drug-likeness (QED) is 0.633. The number of ether oxygens (including phenoxy) is 1. The molecular weight excluding hydrogens is 372 g/mol. The van der Waals surface area contributed by atoms with Gasteiger partial charge in [-0.05, 0) is 12.0 Å². The summed E-state index contributed by atoms with van der Waals surface area (Å²) in [6, 6.07) is 7.51. The Morgan fingerprint density at radius 1 is 1.31 bits per heavy atom. The van der Waals surface area contributed by atoms with Crippen molar-refractivity contribution >= 4 is 34.8 Å². The second-order valence-corrected chi connectivity index (χ2v) is 7.63. The molecule has 0 aliphatic heterocycles. The molecule has 0 saturated heterocycles. The zero-order valence-electron chi connectivity index (χ0n) is 15.2. The van der Waals surface area contributed by atoms with Crippen molar-refractivity contribution in [2.45, 2.75) is 26.7 Å². The average molecular weight is 395 g/mol. The smallest absolute Gasteiger partial charge is 0.307 e. The van der Waals surface area contributed by atoms with E-state index in [1.54, 1.807) is 4.90 Å². The minimum absolute atomic E-state index is 0.0430. The third-order valence-corrected chi connectivity index (χ3v) is 4.99. The molecule has 1 aromatic carbocycles. The highest BCUT2D eigenvalue weighted by Crippen LogP contribution is 2.30. The Morgan fingerprint density at radius 3 is 2.69 bits per heavy atom. The van der Waals surface area contributed by atoms with Crippen LogP contribution in [0.1, 0.15) is 26.0 Å². The zero-order valence-corrected chi connectivity index (χ0v) is 16.8. The summed E-state index contributed by atoms with van der Waals surface area (Å²) in [4.78, 5) is 30.3. The topological polar surface area (TPSA) is 59.5 Å². The number of hydrogen-bond acceptors (Lipinski definition) is 5. The summed E-state index contributed by atoms with van der Waals surface area (Å²) in [5.41, 5.74) is 1.57. The molecule has 5 nitrogen and oxygen atoms in total. The maximum Gasteiger partial charge on any atom is 0.307 e. The Morgan fingerprint density at radius 2 is 2.04 bits per heavy atom. The van der Waals surface area contributed by atoms with E-state index in [0.29, 0.717) is 29.7 Å². The normalized spacial score (nSPS) is 10.8. The lowest BCUT2D eigenvalue weighted by molar-refractivity contribution is -0.141. The number of aromatic nitrogens is 1. The molecule has 0 radical (unpaired) electrons. The zero-order chi connectivity index (χ0) is 19.1. The number of amides is 1. The van der Waals surface area contributed by atoms with Crippen LogP contribution in [-0.4, -0.2) is 42.0 Å². The van der Waals surface area contributed by atoms with Crippen LogP contribution in [0.2, 0.25) is 5.02 Å². The second kappa shape index (κ2) is 9.69. The highest BCUT2D eigenvalue weighted by atomic mass is 35.5. The molecule has 0 spiro atoms. The molecule has 0 atom stereocenters. The molecule has 1 aromatic heterocycles. The Bertz CT molecular complexity index is 761. The van der Waals surface area contributed by atoms with E-state index < -0.39 is 0 Å². The second-order valence-electron chi connectivity index (χ2n) is 6.36. The fraction of sp³-hybridized carbons (Fsp3) is 0.421. The van der Waals surface area contributed by atoms with Crippen molar-refractivity contribution in [3.63, 3.8) is 0 Å². The standard InChI is InChI=1S/C19H23ClN2O3S/c1-13(2)11-22(9-8-18(24)25-3)17(23)10-14-12-26-19(21-14)15-6-4-5-7-16(15)20/h4-7,12-13H,8-11H2,1-3H3. The summed E-state index contributed by atoms with van der Waals surface area (Å²) >= 11 is 7.68. The predicted molar refractivity (Wildman–Crippen MR) is 104 cm³/mol. The number of carbonyl (C=O) groups excluding carboxylic acids is 2. The van der Waals surface area contributed by atoms with Gasteiger partial charge < -0.3 is 9.64 Å². The Labute approximate surface area is 162 Å². The van der Waals surface area contributed by atoms with E-state index >= 15 is 0 Å². The molecule has 0 bridgehead atoms. The minimum Gasteiger partial charge on any atom is -0.469 e. The number of hydrogen-bond donors (Lipinski definition) is 0. The maximum absolute atomic E-state index is 12.7. The Hall–Kier alpha value is -1.92. The van der Waals surface area contributed by atoms with E-state index in [1.807, 2.05) is 43.5 Å². The molecule has 140 valence electrons. The van der Waals surface area contributed by atoms with Gasteiger partial charge in [-0.3, -0.25) is 9.59 Å². The summed E-state index contributed by atoms with van der Waals surface area (Å²) in [5, 5.41) is 3.31. The Balaban J connectivity index is 2.06. The summed E-state index contributed by atoms with van der Waals surface area (Å²) in [6.45, 7) is 5.02. The van der Waals surface area contributed by atoms with Gasteiger partial charge in [0.1, 0.15) is 5.01 Å². The Kier molecular flexibility index (Phi) is 7.60. The summed E-state index contributed by atoms with van der Waals surface area (Å²) < 4.78 is 4.67. The van der Waals surface area contributed by atoms with E-state index in [1.165, 1.54) is 18.4 Å². The summed E-state index contributed by atoms with van der Waals surface area (Å²) in [6.07, 6.45) is 0.395. The molecule has 0 fully saturated rings. The van der Waals surface area contributed by atoms with Crippen molar-refractivity contribution < 1.29 is 14.3 Å². The first-order chi connectivity index (χ1) is 12.4. The number of halogens is 1. The predicted octanol–water partition coefficient (Wildman–Crippen LogP) is 4.05. The first-order valence-electron chi connectivity index (χ1n) is 8.44. The van der Waals surface area contributed by atoms with Crippen molar-refractivity contribution in [1.29, 1.82) is 0 Å². The third kappa shape index (κ3) is 5.81. The molecule has 0 aliphatic carbocycles. The van der Waals surface area contributed by atoms with Crippen LogP contribution in [0.25, 0.3) is 10.6 Å². The van der Waals surface area contributed by atoms with Gasteiger partial charge in [-0.15, -0.1) is 11.3 Å². The molecule has 26 heavy (non-hydrogen) atoms. The molecular formula is C19H23ClN2O3S. The summed E-state index contributed by atoms with van der Waals surface area (Å²) in [7, 11) is 1.35. The highest BCUT2D eigenvalue weighted by molar-refractivity contribution is 7.13. The number of rotatable bonds is 8. The number of benzene rings is 1. The van der Waals surface area contributed by atoms with E-state index in [-0.39, 0.29) is 24.7 Å². The van der Waals surface area contributed by atoms with E-state index in [2.05, 4.69) is 9.72 Å². The van der Waals surface area contributed by atoms with Crippen LogP contribution < -0.4 is 0 Å². The van der Waals surface area contributed by atoms with Gasteiger partial charge in [0.15, 0.2) is 0 Å². The van der Waals surface area contributed by atoms with E-state index in [4.69, 9.17) is 11.6 Å². The van der Waals surface area contributed by atoms with Crippen LogP contribution in [0.5, 0.6) is 0 Å². The first kappa shape index (κ1) is 20.4. The maximum atomic E-state index is 12.7. The molecule has 1 amide bonds. The minimum atomic E-state index is -0.318. The molecule has 0 aliphatic rings. The molecule has 2 aromatic rings. The highest BCUT2D eigenvalue weighted by Gasteiger charge is 2.18. The van der Waals surface area contributed by atoms with Gasteiger partial charge in [-0.1, -0.05) is 43.6 Å². The number of nitrogens with zero attached hydrogens (tertiary/aromatic N) is 2. The van der Waals surface area contributed by atoms with Gasteiger partial charge in [0.05, 0.1) is 30.7 Å². The number of methoxy groups -OCH3 is 1. The number of carbonyl (C=O) groups is 2. The van der Waals surface area contributed by atoms with Gasteiger partial charge in [-0.2, -0.15) is 0 Å². The van der Waals surface area contributed by atoms with Crippen LogP contribution in [-0.2, 0) is 20.7 Å². The van der Waals surface area contributed by atoms with Crippen LogP contribution >= 0.6 is 22.9 Å². The molecule has 0 N–H and O–H groups in total. The van der Waals surface area contributed by atoms with Crippen molar-refractivity contribution in [1.82, 2.24) is 9.88 Å². The van der Waals surface area contributed by atoms with Crippen LogP contribution in [0.4, 0.5) is 0 Å². The van der Waals surface area contributed by atoms with Crippen molar-refractivity contribution in [2.24, 2.45) is 5.92 Å². The van der Waals surface area contributed by atoms with Crippen molar-refractivity contribution in [2.75, 3.05) is 20.2 Å². The van der Waals surface area contributed by atoms with Crippen molar-refractivity contribution in [3.05, 3.63) is 40.4 Å². The molecule has 0 unspecified atom stereocenters. The monoisotopic (exact) mass is 394 g/mol. The van der Waals surface area contributed by atoms with Crippen LogP contribution in [0.15, 0.2) is 29.6 Å². The molecule has 1 heterocycles. The summed E-state index contributed by atoms with van der Waals surface area (Å²) in [5.74, 6) is -0.0504. The van der Waals surface area contributed by atoms with E-state index in [9.17, 15) is 9.59 Å². The van der Waals surface area contributed by atoms with E-state index in [0.717, 1.165) is 10.6 Å². The van der Waals surface area contributed by atoms with Crippen LogP contribution in [0.3, 0.4) is 0 Å². The van der Waals surface area contributed by atoms with Gasteiger partial charge >= 0.3 is 5.97 Å². The van der Waals surface area contributed by atoms with Crippen LogP contribution in [0, 0.1) is 5.92 Å². The third-order valence-electron chi connectivity index (χ3n) is 3.74. The van der Waals surface area contributed by atoms with Gasteiger partial charge in [0.2, 0.25) is 5.91 Å². The fourth-order valence-electron chi connectivity index (χ4n) is 2.50. The molecule has 7 heteroatoms. The lowest BCUT2D eigenvalue weighted by Gasteiger charge is -2.24. The first-order valence-corrected chi connectivity index (χ1v) is 9.70. The molecule has 0 saturated carbocycles. The van der Waals surface area contributed by atoms with Crippen molar-refractivity contribution in [3.8, 4) is 10.6 Å². The number of esters is 1. The SMILES string of the molecule is COC(=O)CCN(CC(C)C)C(=O)Cc1csc(-c2ccccc2Cl)n1. The van der Waals surface area contributed by atoms with Gasteiger partial charge in [0, 0.05) is 24.0 Å². The average Bonchev–Trinajstić information content (AvgIpc) is 3.06.